The van der Waals surface area contributed by atoms with Crippen molar-refractivity contribution < 1.29 is 13.6 Å². The van der Waals surface area contributed by atoms with Crippen LogP contribution < -0.4 is 5.32 Å². The summed E-state index contributed by atoms with van der Waals surface area (Å²) < 4.78 is 30.1. The van der Waals surface area contributed by atoms with Crippen LogP contribution in [0.25, 0.3) is 11.4 Å². The highest BCUT2D eigenvalue weighted by atomic mass is 19.1. The maximum Gasteiger partial charge on any atom is 0.255 e. The van der Waals surface area contributed by atoms with Crippen molar-refractivity contribution in [3.05, 3.63) is 65.0 Å². The molecule has 0 unspecified atom stereocenters. The Balaban J connectivity index is 1.64. The number of rotatable bonds is 3. The third-order valence-corrected chi connectivity index (χ3v) is 5.02. The highest BCUT2D eigenvalue weighted by Gasteiger charge is 2.18. The number of anilines is 1. The van der Waals surface area contributed by atoms with Gasteiger partial charge < -0.3 is 9.88 Å². The summed E-state index contributed by atoms with van der Waals surface area (Å²) in [6.07, 6.45) is 4.13. The Morgan fingerprint density at radius 1 is 1.04 bits per heavy atom. The molecule has 0 spiro atoms. The van der Waals surface area contributed by atoms with E-state index in [0.717, 1.165) is 44.1 Å². The lowest BCUT2D eigenvalue weighted by atomic mass is 10.1. The van der Waals surface area contributed by atoms with Crippen LogP contribution in [0.3, 0.4) is 0 Å². The zero-order chi connectivity index (χ0) is 19.7. The normalized spacial score (nSPS) is 13.7. The second-order valence-corrected chi connectivity index (χ2v) is 7.01. The summed E-state index contributed by atoms with van der Waals surface area (Å²) in [5.41, 5.74) is 1.27. The maximum absolute atomic E-state index is 14.3. The fourth-order valence-corrected chi connectivity index (χ4v) is 3.39. The van der Waals surface area contributed by atoms with Gasteiger partial charge in [-0.05, 0) is 55.7 Å². The van der Waals surface area contributed by atoms with E-state index < -0.39 is 17.5 Å². The molecule has 7 heteroatoms. The second-order valence-electron chi connectivity index (χ2n) is 7.01. The van der Waals surface area contributed by atoms with E-state index in [-0.39, 0.29) is 11.3 Å². The van der Waals surface area contributed by atoms with E-state index in [1.54, 1.807) is 19.1 Å². The third-order valence-electron chi connectivity index (χ3n) is 5.02. The van der Waals surface area contributed by atoms with Gasteiger partial charge in [0.2, 0.25) is 0 Å². The van der Waals surface area contributed by atoms with E-state index in [1.807, 2.05) is 0 Å². The molecule has 3 aromatic rings. The first-order valence-electron chi connectivity index (χ1n) is 9.32. The minimum atomic E-state index is -0.574. The van der Waals surface area contributed by atoms with Crippen LogP contribution in [-0.2, 0) is 13.0 Å². The van der Waals surface area contributed by atoms with Crippen molar-refractivity contribution in [2.24, 2.45) is 0 Å². The fourth-order valence-electron chi connectivity index (χ4n) is 3.39. The molecule has 0 saturated carbocycles. The standard InChI is InChI=1S/C21H20F2N4O/c1-13-6-7-15(11-17(13)23)21(28)24-18-12-14(8-9-16(18)22)20-26-25-19-5-3-2-4-10-27(19)20/h6-9,11-12H,2-5,10H2,1H3,(H,24,28). The maximum atomic E-state index is 14.3. The van der Waals surface area contributed by atoms with Gasteiger partial charge in [-0.3, -0.25) is 4.79 Å². The highest BCUT2D eigenvalue weighted by molar-refractivity contribution is 6.04. The van der Waals surface area contributed by atoms with Gasteiger partial charge in [-0.2, -0.15) is 0 Å². The van der Waals surface area contributed by atoms with Crippen molar-refractivity contribution in [1.82, 2.24) is 14.8 Å². The van der Waals surface area contributed by atoms with Crippen molar-refractivity contribution in [2.45, 2.75) is 39.2 Å². The molecule has 1 amide bonds. The quantitative estimate of drug-likeness (QED) is 0.725. The number of aromatic nitrogens is 3. The monoisotopic (exact) mass is 382 g/mol. The van der Waals surface area contributed by atoms with E-state index in [4.69, 9.17) is 0 Å². The molecule has 0 fully saturated rings. The van der Waals surface area contributed by atoms with Crippen molar-refractivity contribution >= 4 is 11.6 Å². The van der Waals surface area contributed by atoms with Gasteiger partial charge in [0.15, 0.2) is 5.82 Å². The molecular formula is C21H20F2N4O. The molecule has 1 aliphatic heterocycles. The van der Waals surface area contributed by atoms with E-state index in [0.29, 0.717) is 17.0 Å². The van der Waals surface area contributed by atoms with E-state index in [9.17, 15) is 13.6 Å². The number of halogens is 2. The lowest BCUT2D eigenvalue weighted by molar-refractivity contribution is 0.102. The molecule has 28 heavy (non-hydrogen) atoms. The predicted octanol–water partition coefficient (Wildman–Crippen LogP) is 4.51. The van der Waals surface area contributed by atoms with Crippen LogP contribution in [0.4, 0.5) is 14.5 Å². The average Bonchev–Trinajstić information content (AvgIpc) is 2.94. The van der Waals surface area contributed by atoms with Crippen LogP contribution in [0.15, 0.2) is 36.4 Å². The Bertz CT molecular complexity index is 1040. The third kappa shape index (κ3) is 3.52. The number of hydrogen-bond acceptors (Lipinski definition) is 3. The lowest BCUT2D eigenvalue weighted by Gasteiger charge is -2.11. The zero-order valence-electron chi connectivity index (χ0n) is 15.5. The number of hydrogen-bond donors (Lipinski definition) is 1. The van der Waals surface area contributed by atoms with Gasteiger partial charge in [0.05, 0.1) is 5.69 Å². The number of nitrogens with one attached hydrogen (secondary N) is 1. The first-order valence-corrected chi connectivity index (χ1v) is 9.32. The van der Waals surface area contributed by atoms with Crippen LogP contribution in [0.2, 0.25) is 0 Å². The van der Waals surface area contributed by atoms with Crippen LogP contribution in [-0.4, -0.2) is 20.7 Å². The first-order chi connectivity index (χ1) is 13.5. The van der Waals surface area contributed by atoms with Gasteiger partial charge in [-0.25, -0.2) is 8.78 Å². The average molecular weight is 382 g/mol. The number of fused-ring (bicyclic) bond motifs is 1. The van der Waals surface area contributed by atoms with Gasteiger partial charge in [-0.1, -0.05) is 12.5 Å². The van der Waals surface area contributed by atoms with Gasteiger partial charge in [0.1, 0.15) is 17.5 Å². The van der Waals surface area contributed by atoms with Crippen LogP contribution in [0.5, 0.6) is 0 Å². The molecule has 1 aliphatic rings. The number of amides is 1. The smallest absolute Gasteiger partial charge is 0.255 e. The molecule has 0 bridgehead atoms. The molecular weight excluding hydrogens is 362 g/mol. The lowest BCUT2D eigenvalue weighted by Crippen LogP contribution is -2.13. The number of nitrogens with zero attached hydrogens (tertiary/aromatic N) is 3. The van der Waals surface area contributed by atoms with E-state index >= 15 is 0 Å². The Labute approximate surface area is 161 Å². The molecule has 2 heterocycles. The zero-order valence-corrected chi connectivity index (χ0v) is 15.5. The minimum absolute atomic E-state index is 0.0226. The highest BCUT2D eigenvalue weighted by Crippen LogP contribution is 2.27. The van der Waals surface area contributed by atoms with Gasteiger partial charge >= 0.3 is 0 Å². The molecule has 1 aromatic heterocycles. The van der Waals surface area contributed by atoms with Crippen molar-refractivity contribution in [3.8, 4) is 11.4 Å². The van der Waals surface area contributed by atoms with E-state index in [2.05, 4.69) is 20.1 Å². The number of carbonyl (C=O) groups excluding carboxylic acids is 1. The molecule has 0 saturated heterocycles. The number of carbonyl (C=O) groups is 1. The molecule has 4 rings (SSSR count). The SMILES string of the molecule is Cc1ccc(C(=O)Nc2cc(-c3nnc4n3CCCCC4)ccc2F)cc1F. The summed E-state index contributed by atoms with van der Waals surface area (Å²) >= 11 is 0. The molecule has 0 aliphatic carbocycles. The molecule has 0 atom stereocenters. The van der Waals surface area contributed by atoms with Crippen LogP contribution >= 0.6 is 0 Å². The summed E-state index contributed by atoms with van der Waals surface area (Å²) in [6, 6.07) is 8.62. The second kappa shape index (κ2) is 7.50. The van der Waals surface area contributed by atoms with Crippen molar-refractivity contribution in [3.63, 3.8) is 0 Å². The largest absolute Gasteiger partial charge is 0.319 e. The molecule has 5 nitrogen and oxygen atoms in total. The van der Waals surface area contributed by atoms with Crippen molar-refractivity contribution in [2.75, 3.05) is 5.32 Å². The summed E-state index contributed by atoms with van der Waals surface area (Å²) in [5.74, 6) is -0.0327. The van der Waals surface area contributed by atoms with Gasteiger partial charge in [-0.15, -0.1) is 10.2 Å². The van der Waals surface area contributed by atoms with Gasteiger partial charge in [0.25, 0.3) is 5.91 Å². The Morgan fingerprint density at radius 2 is 1.89 bits per heavy atom. The molecule has 0 radical (unpaired) electrons. The number of aryl methyl sites for hydroxylation is 2. The summed E-state index contributed by atoms with van der Waals surface area (Å²) in [4.78, 5) is 12.4. The summed E-state index contributed by atoms with van der Waals surface area (Å²) in [6.45, 7) is 2.43. The Kier molecular flexibility index (Phi) is 4.90. The molecule has 2 aromatic carbocycles. The fraction of sp³-hybridized carbons (Fsp3) is 0.286. The first kappa shape index (κ1) is 18.3. The molecule has 144 valence electrons. The Morgan fingerprint density at radius 3 is 2.71 bits per heavy atom. The van der Waals surface area contributed by atoms with Crippen molar-refractivity contribution in [1.29, 1.82) is 0 Å². The Hall–Kier alpha value is -3.09. The predicted molar refractivity (Wildman–Crippen MR) is 102 cm³/mol. The molecule has 1 N–H and O–H groups in total. The topological polar surface area (TPSA) is 59.8 Å². The van der Waals surface area contributed by atoms with E-state index in [1.165, 1.54) is 18.2 Å². The summed E-state index contributed by atoms with van der Waals surface area (Å²) in [7, 11) is 0. The summed E-state index contributed by atoms with van der Waals surface area (Å²) in [5, 5.41) is 11.1. The van der Waals surface area contributed by atoms with Gasteiger partial charge in [0, 0.05) is 24.1 Å². The van der Waals surface area contributed by atoms with Crippen LogP contribution in [0.1, 0.15) is 41.0 Å². The number of benzene rings is 2. The van der Waals surface area contributed by atoms with Crippen LogP contribution in [0, 0.1) is 18.6 Å². The minimum Gasteiger partial charge on any atom is -0.319 e.